The average Bonchev–Trinajstić information content (AvgIpc) is 2.34. The number of aliphatic hydroxyl groups excluding tert-OH is 3. The van der Waals surface area contributed by atoms with Gasteiger partial charge in [-0.1, -0.05) is 19.8 Å². The topological polar surface area (TPSA) is 96.2 Å². The monoisotopic (exact) mass is 262 g/mol. The van der Waals surface area contributed by atoms with Crippen molar-refractivity contribution in [3.8, 4) is 0 Å². The molecule has 1 heterocycles. The quantitative estimate of drug-likeness (QED) is 0.458. The van der Waals surface area contributed by atoms with Crippen molar-refractivity contribution in [2.75, 3.05) is 6.61 Å². The fourth-order valence-corrected chi connectivity index (χ4v) is 1.87. The van der Waals surface area contributed by atoms with Crippen LogP contribution in [0.4, 0.5) is 0 Å². The van der Waals surface area contributed by atoms with Crippen LogP contribution in [0.3, 0.4) is 0 Å². The Labute approximate surface area is 107 Å². The summed E-state index contributed by atoms with van der Waals surface area (Å²) in [7, 11) is 0. The van der Waals surface area contributed by atoms with E-state index < -0.39 is 31.2 Å². The molecule has 0 unspecified atom stereocenters. The van der Waals surface area contributed by atoms with E-state index in [1.807, 2.05) is 6.92 Å². The van der Waals surface area contributed by atoms with Crippen LogP contribution in [0.15, 0.2) is 0 Å². The lowest BCUT2D eigenvalue weighted by Crippen LogP contribution is -2.50. The van der Waals surface area contributed by atoms with Gasteiger partial charge in [-0.2, -0.15) is 0 Å². The highest BCUT2D eigenvalue weighted by molar-refractivity contribution is 5.69. The third kappa shape index (κ3) is 4.53. The van der Waals surface area contributed by atoms with Gasteiger partial charge in [0.05, 0.1) is 12.7 Å². The van der Waals surface area contributed by atoms with Gasteiger partial charge >= 0.3 is 5.97 Å². The summed E-state index contributed by atoms with van der Waals surface area (Å²) in [5, 5.41) is 28.0. The molecule has 0 saturated carbocycles. The van der Waals surface area contributed by atoms with Gasteiger partial charge in [-0.05, 0) is 6.42 Å². The van der Waals surface area contributed by atoms with Gasteiger partial charge < -0.3 is 24.8 Å². The van der Waals surface area contributed by atoms with E-state index in [0.717, 1.165) is 19.3 Å². The van der Waals surface area contributed by atoms with Crippen LogP contribution in [0.5, 0.6) is 0 Å². The van der Waals surface area contributed by atoms with Gasteiger partial charge in [0, 0.05) is 12.8 Å². The number of carbonyl (C=O) groups excluding carboxylic acids is 1. The molecular weight excluding hydrogens is 240 g/mol. The zero-order valence-corrected chi connectivity index (χ0v) is 10.6. The highest BCUT2D eigenvalue weighted by atomic mass is 16.7. The second kappa shape index (κ2) is 7.68. The number of aliphatic hydroxyl groups is 3. The zero-order chi connectivity index (χ0) is 13.5. The Kier molecular flexibility index (Phi) is 6.56. The van der Waals surface area contributed by atoms with E-state index in [4.69, 9.17) is 14.6 Å². The number of unbranched alkanes of at least 4 members (excludes halogenated alkanes) is 2. The van der Waals surface area contributed by atoms with Crippen molar-refractivity contribution in [1.29, 1.82) is 0 Å². The molecule has 1 aliphatic heterocycles. The van der Waals surface area contributed by atoms with E-state index in [-0.39, 0.29) is 12.4 Å². The Morgan fingerprint density at radius 1 is 1.39 bits per heavy atom. The molecule has 0 aliphatic carbocycles. The van der Waals surface area contributed by atoms with Crippen LogP contribution in [0.1, 0.15) is 39.0 Å². The Hall–Kier alpha value is -0.690. The molecule has 0 aromatic rings. The Morgan fingerprint density at radius 3 is 2.72 bits per heavy atom. The predicted molar refractivity (Wildman–Crippen MR) is 62.6 cm³/mol. The second-order valence-corrected chi connectivity index (χ2v) is 4.53. The standard InChI is InChI=1S/C12H22O6/c1-2-3-4-5-10(15)18-11-6-8(14)12(16)9(7-13)17-11/h8-9,11-14,16H,2-7H2,1H3/t8-,9-,11+,12+/m1/s1. The molecule has 6 heteroatoms. The molecule has 1 aliphatic rings. The summed E-state index contributed by atoms with van der Waals surface area (Å²) in [6.45, 7) is 1.61. The van der Waals surface area contributed by atoms with Gasteiger partial charge in [0.25, 0.3) is 0 Å². The number of esters is 1. The molecule has 0 bridgehead atoms. The van der Waals surface area contributed by atoms with Gasteiger partial charge in [-0.3, -0.25) is 4.79 Å². The fraction of sp³-hybridized carbons (Fsp3) is 0.917. The molecule has 18 heavy (non-hydrogen) atoms. The molecule has 1 rings (SSSR count). The average molecular weight is 262 g/mol. The Bertz CT molecular complexity index is 257. The van der Waals surface area contributed by atoms with Crippen molar-refractivity contribution in [3.05, 3.63) is 0 Å². The minimum atomic E-state index is -1.15. The maximum Gasteiger partial charge on any atom is 0.308 e. The Morgan fingerprint density at radius 2 is 2.11 bits per heavy atom. The third-order valence-corrected chi connectivity index (χ3v) is 2.96. The molecule has 0 aromatic heterocycles. The first-order valence-corrected chi connectivity index (χ1v) is 6.40. The van der Waals surface area contributed by atoms with E-state index in [2.05, 4.69) is 0 Å². The number of carbonyl (C=O) groups is 1. The zero-order valence-electron chi connectivity index (χ0n) is 10.6. The first-order chi connectivity index (χ1) is 8.58. The van der Waals surface area contributed by atoms with Crippen molar-refractivity contribution in [2.45, 2.75) is 63.6 Å². The summed E-state index contributed by atoms with van der Waals surface area (Å²) in [6.07, 6.45) is -0.929. The van der Waals surface area contributed by atoms with Gasteiger partial charge in [0.2, 0.25) is 6.29 Å². The van der Waals surface area contributed by atoms with Gasteiger partial charge in [0.1, 0.15) is 12.2 Å². The molecule has 1 saturated heterocycles. The normalized spacial score (nSPS) is 32.2. The van der Waals surface area contributed by atoms with Crippen LogP contribution in [-0.2, 0) is 14.3 Å². The molecule has 6 nitrogen and oxygen atoms in total. The highest BCUT2D eigenvalue weighted by Gasteiger charge is 2.37. The summed E-state index contributed by atoms with van der Waals surface area (Å²) in [4.78, 5) is 11.5. The number of ether oxygens (including phenoxy) is 2. The van der Waals surface area contributed by atoms with Crippen LogP contribution in [0, 0.1) is 0 Å². The van der Waals surface area contributed by atoms with Crippen LogP contribution in [-0.4, -0.2) is 52.5 Å². The van der Waals surface area contributed by atoms with E-state index in [1.54, 1.807) is 0 Å². The lowest BCUT2D eigenvalue weighted by Gasteiger charge is -2.35. The first kappa shape index (κ1) is 15.4. The smallest absolute Gasteiger partial charge is 0.308 e. The van der Waals surface area contributed by atoms with Crippen LogP contribution in [0.2, 0.25) is 0 Å². The van der Waals surface area contributed by atoms with Crippen LogP contribution < -0.4 is 0 Å². The van der Waals surface area contributed by atoms with Crippen molar-refractivity contribution < 1.29 is 29.6 Å². The Balaban J connectivity index is 2.35. The molecule has 4 atom stereocenters. The third-order valence-electron chi connectivity index (χ3n) is 2.96. The van der Waals surface area contributed by atoms with Gasteiger partial charge in [0.15, 0.2) is 0 Å². The van der Waals surface area contributed by atoms with Crippen molar-refractivity contribution >= 4 is 5.97 Å². The molecular formula is C12H22O6. The molecule has 3 N–H and O–H groups in total. The molecule has 0 amide bonds. The summed E-state index contributed by atoms with van der Waals surface area (Å²) in [5.41, 5.74) is 0. The van der Waals surface area contributed by atoms with Crippen molar-refractivity contribution in [2.24, 2.45) is 0 Å². The molecule has 0 aromatic carbocycles. The lowest BCUT2D eigenvalue weighted by atomic mass is 10.0. The van der Waals surface area contributed by atoms with E-state index in [9.17, 15) is 15.0 Å². The second-order valence-electron chi connectivity index (χ2n) is 4.53. The minimum Gasteiger partial charge on any atom is -0.436 e. The van der Waals surface area contributed by atoms with E-state index in [0.29, 0.717) is 6.42 Å². The predicted octanol–water partition coefficient (Wildman–Crippen LogP) is -0.0610. The maximum atomic E-state index is 11.5. The lowest BCUT2D eigenvalue weighted by molar-refractivity contribution is -0.251. The number of hydrogen-bond acceptors (Lipinski definition) is 6. The largest absolute Gasteiger partial charge is 0.436 e. The summed E-state index contributed by atoms with van der Waals surface area (Å²) in [6, 6.07) is 0. The van der Waals surface area contributed by atoms with Gasteiger partial charge in [-0.25, -0.2) is 0 Å². The van der Waals surface area contributed by atoms with Gasteiger partial charge in [-0.15, -0.1) is 0 Å². The molecule has 0 radical (unpaired) electrons. The fourth-order valence-electron chi connectivity index (χ4n) is 1.87. The van der Waals surface area contributed by atoms with Crippen LogP contribution in [0.25, 0.3) is 0 Å². The summed E-state index contributed by atoms with van der Waals surface area (Å²) < 4.78 is 10.2. The SMILES string of the molecule is CCCCCC(=O)O[C@H]1C[C@@H](O)[C@H](O)[C@@H](CO)O1. The first-order valence-electron chi connectivity index (χ1n) is 6.40. The summed E-state index contributed by atoms with van der Waals surface area (Å²) in [5.74, 6) is -0.381. The van der Waals surface area contributed by atoms with Crippen molar-refractivity contribution in [3.63, 3.8) is 0 Å². The molecule has 1 fully saturated rings. The number of rotatable bonds is 6. The highest BCUT2D eigenvalue weighted by Crippen LogP contribution is 2.21. The minimum absolute atomic E-state index is 0.0250. The summed E-state index contributed by atoms with van der Waals surface area (Å²) >= 11 is 0. The van der Waals surface area contributed by atoms with Crippen LogP contribution >= 0.6 is 0 Å². The maximum absolute atomic E-state index is 11.5. The van der Waals surface area contributed by atoms with Crippen molar-refractivity contribution in [1.82, 2.24) is 0 Å². The number of hydrogen-bond donors (Lipinski definition) is 3. The molecule has 106 valence electrons. The van der Waals surface area contributed by atoms with E-state index in [1.165, 1.54) is 0 Å². The van der Waals surface area contributed by atoms with E-state index >= 15 is 0 Å². The molecule has 0 spiro atoms.